The number of benzene rings is 1. The van der Waals surface area contributed by atoms with Gasteiger partial charge in [0.15, 0.2) is 0 Å². The van der Waals surface area contributed by atoms with Gasteiger partial charge in [-0.25, -0.2) is 4.79 Å². The standard InChI is InChI=1S/C20H27N3O4/c1-4-6-7-8-12-27-20(24)18-14(3)21-22-17(5-2)19(18)15-10-9-11-16(13-15)23(25)26/h9-11,13,19,21H,4-8,12H2,1-3H3. The molecule has 1 unspecified atom stereocenters. The Morgan fingerprint density at radius 3 is 2.74 bits per heavy atom. The summed E-state index contributed by atoms with van der Waals surface area (Å²) >= 11 is 0. The molecule has 0 saturated heterocycles. The van der Waals surface area contributed by atoms with Crippen molar-refractivity contribution in [1.82, 2.24) is 5.43 Å². The van der Waals surface area contributed by atoms with Crippen LogP contribution in [0.4, 0.5) is 5.69 Å². The summed E-state index contributed by atoms with van der Waals surface area (Å²) in [7, 11) is 0. The lowest BCUT2D eigenvalue weighted by molar-refractivity contribution is -0.384. The Bertz CT molecular complexity index is 755. The van der Waals surface area contributed by atoms with E-state index in [9.17, 15) is 14.9 Å². The SMILES string of the molecule is CCCCCCOC(=O)C1=C(C)NN=C(CC)C1c1cccc([N+](=O)[O-])c1. The van der Waals surface area contributed by atoms with E-state index in [4.69, 9.17) is 4.74 Å². The van der Waals surface area contributed by atoms with Gasteiger partial charge in [0.25, 0.3) is 5.69 Å². The normalized spacial score (nSPS) is 16.6. The third kappa shape index (κ3) is 5.15. The number of esters is 1. The Labute approximate surface area is 159 Å². The van der Waals surface area contributed by atoms with E-state index in [1.54, 1.807) is 19.1 Å². The third-order valence-electron chi connectivity index (χ3n) is 4.62. The van der Waals surface area contributed by atoms with Gasteiger partial charge in [0, 0.05) is 17.8 Å². The highest BCUT2D eigenvalue weighted by Crippen LogP contribution is 2.34. The van der Waals surface area contributed by atoms with Crippen molar-refractivity contribution in [2.45, 2.75) is 58.8 Å². The van der Waals surface area contributed by atoms with Crippen molar-refractivity contribution in [3.05, 3.63) is 51.2 Å². The Morgan fingerprint density at radius 2 is 2.07 bits per heavy atom. The summed E-state index contributed by atoms with van der Waals surface area (Å²) in [5.41, 5.74) is 5.39. The average Bonchev–Trinajstić information content (AvgIpc) is 2.67. The summed E-state index contributed by atoms with van der Waals surface area (Å²) in [5, 5.41) is 15.5. The van der Waals surface area contributed by atoms with Crippen molar-refractivity contribution in [2.24, 2.45) is 5.10 Å². The lowest BCUT2D eigenvalue weighted by Crippen LogP contribution is -2.30. The number of hydrogen-bond acceptors (Lipinski definition) is 6. The summed E-state index contributed by atoms with van der Waals surface area (Å²) in [5.74, 6) is -0.840. The lowest BCUT2D eigenvalue weighted by Gasteiger charge is -2.27. The van der Waals surface area contributed by atoms with E-state index in [2.05, 4.69) is 17.5 Å². The zero-order chi connectivity index (χ0) is 19.8. The Hall–Kier alpha value is -2.70. The first-order valence-corrected chi connectivity index (χ1v) is 9.44. The van der Waals surface area contributed by atoms with Crippen LogP contribution in [0.2, 0.25) is 0 Å². The molecule has 1 aromatic carbocycles. The Morgan fingerprint density at radius 1 is 1.30 bits per heavy atom. The number of hydrazone groups is 1. The molecule has 146 valence electrons. The second-order valence-corrected chi connectivity index (χ2v) is 6.59. The van der Waals surface area contributed by atoms with Crippen molar-refractivity contribution in [2.75, 3.05) is 6.61 Å². The quantitative estimate of drug-likeness (QED) is 0.299. The van der Waals surface area contributed by atoms with Gasteiger partial charge in [-0.05, 0) is 25.3 Å². The summed E-state index contributed by atoms with van der Waals surface area (Å²) in [6.07, 6.45) is 4.70. The Balaban J connectivity index is 2.28. The molecule has 0 bridgehead atoms. The van der Waals surface area contributed by atoms with Crippen LogP contribution >= 0.6 is 0 Å². The van der Waals surface area contributed by atoms with Crippen LogP contribution in [-0.2, 0) is 9.53 Å². The van der Waals surface area contributed by atoms with Gasteiger partial charge in [0.2, 0.25) is 0 Å². The zero-order valence-electron chi connectivity index (χ0n) is 16.2. The number of ether oxygens (including phenoxy) is 1. The smallest absolute Gasteiger partial charge is 0.336 e. The highest BCUT2D eigenvalue weighted by molar-refractivity contribution is 6.04. The fourth-order valence-electron chi connectivity index (χ4n) is 3.17. The van der Waals surface area contributed by atoms with E-state index in [0.717, 1.165) is 31.4 Å². The number of carbonyl (C=O) groups excluding carboxylic acids is 1. The highest BCUT2D eigenvalue weighted by atomic mass is 16.6. The number of non-ortho nitro benzene ring substituents is 1. The van der Waals surface area contributed by atoms with Crippen LogP contribution in [0.3, 0.4) is 0 Å². The van der Waals surface area contributed by atoms with Crippen molar-refractivity contribution in [1.29, 1.82) is 0 Å². The van der Waals surface area contributed by atoms with Crippen LogP contribution in [0.25, 0.3) is 0 Å². The number of hydrogen-bond donors (Lipinski definition) is 1. The fraction of sp³-hybridized carbons (Fsp3) is 0.500. The zero-order valence-corrected chi connectivity index (χ0v) is 16.2. The van der Waals surface area contributed by atoms with Gasteiger partial charge in [0.05, 0.1) is 28.7 Å². The predicted molar refractivity (Wildman–Crippen MR) is 105 cm³/mol. The second kappa shape index (κ2) is 9.85. The van der Waals surface area contributed by atoms with Crippen LogP contribution in [0.15, 0.2) is 40.6 Å². The van der Waals surface area contributed by atoms with Gasteiger partial charge in [-0.2, -0.15) is 5.10 Å². The fourth-order valence-corrected chi connectivity index (χ4v) is 3.17. The number of nitro benzene ring substituents is 1. The molecule has 7 nitrogen and oxygen atoms in total. The van der Waals surface area contributed by atoms with E-state index >= 15 is 0 Å². The molecule has 7 heteroatoms. The van der Waals surface area contributed by atoms with Crippen LogP contribution in [0.1, 0.15) is 64.4 Å². The molecular formula is C20H27N3O4. The number of nitrogens with zero attached hydrogens (tertiary/aromatic N) is 2. The van der Waals surface area contributed by atoms with E-state index in [-0.39, 0.29) is 5.69 Å². The third-order valence-corrected chi connectivity index (χ3v) is 4.62. The van der Waals surface area contributed by atoms with Gasteiger partial charge in [0.1, 0.15) is 0 Å². The molecule has 1 atom stereocenters. The maximum Gasteiger partial charge on any atom is 0.336 e. The molecule has 0 saturated carbocycles. The summed E-state index contributed by atoms with van der Waals surface area (Å²) in [6, 6.07) is 6.36. The highest BCUT2D eigenvalue weighted by Gasteiger charge is 2.33. The molecule has 1 heterocycles. The number of allylic oxidation sites excluding steroid dienone is 1. The van der Waals surface area contributed by atoms with Gasteiger partial charge in [-0.3, -0.25) is 15.5 Å². The molecular weight excluding hydrogens is 346 g/mol. The van der Waals surface area contributed by atoms with E-state index < -0.39 is 16.8 Å². The van der Waals surface area contributed by atoms with Gasteiger partial charge in [-0.15, -0.1) is 0 Å². The Kier molecular flexibility index (Phi) is 7.52. The molecule has 1 aliphatic heterocycles. The maximum atomic E-state index is 12.8. The molecule has 0 aromatic heterocycles. The van der Waals surface area contributed by atoms with Crippen molar-refractivity contribution >= 4 is 17.4 Å². The maximum absolute atomic E-state index is 12.8. The van der Waals surface area contributed by atoms with Gasteiger partial charge in [-0.1, -0.05) is 45.2 Å². The summed E-state index contributed by atoms with van der Waals surface area (Å²) in [6.45, 7) is 6.21. The largest absolute Gasteiger partial charge is 0.462 e. The average molecular weight is 373 g/mol. The topological polar surface area (TPSA) is 93.8 Å². The van der Waals surface area contributed by atoms with E-state index in [1.807, 2.05) is 6.92 Å². The molecule has 0 aliphatic carbocycles. The molecule has 1 aliphatic rings. The first kappa shape index (κ1) is 20.6. The van der Waals surface area contributed by atoms with Crippen LogP contribution in [0, 0.1) is 10.1 Å². The molecule has 2 rings (SSSR count). The lowest BCUT2D eigenvalue weighted by atomic mass is 9.83. The number of nitrogens with one attached hydrogen (secondary N) is 1. The molecule has 0 fully saturated rings. The minimum atomic E-state index is -0.445. The number of carbonyl (C=O) groups is 1. The van der Waals surface area contributed by atoms with E-state index in [0.29, 0.717) is 29.9 Å². The monoisotopic (exact) mass is 373 g/mol. The second-order valence-electron chi connectivity index (χ2n) is 6.59. The minimum Gasteiger partial charge on any atom is -0.462 e. The van der Waals surface area contributed by atoms with Crippen LogP contribution in [0.5, 0.6) is 0 Å². The molecule has 1 N–H and O–H groups in total. The number of rotatable bonds is 9. The number of nitro groups is 1. The minimum absolute atomic E-state index is 0.00794. The molecule has 0 radical (unpaired) electrons. The molecule has 0 amide bonds. The molecule has 27 heavy (non-hydrogen) atoms. The predicted octanol–water partition coefficient (Wildman–Crippen LogP) is 4.45. The number of unbranched alkanes of at least 4 members (excludes halogenated alkanes) is 3. The van der Waals surface area contributed by atoms with Crippen LogP contribution in [-0.4, -0.2) is 23.2 Å². The summed E-state index contributed by atoms with van der Waals surface area (Å²) < 4.78 is 5.50. The first-order valence-electron chi connectivity index (χ1n) is 9.44. The molecule has 1 aromatic rings. The van der Waals surface area contributed by atoms with Crippen molar-refractivity contribution < 1.29 is 14.5 Å². The van der Waals surface area contributed by atoms with Crippen molar-refractivity contribution in [3.8, 4) is 0 Å². The first-order chi connectivity index (χ1) is 13.0. The van der Waals surface area contributed by atoms with Crippen LogP contribution < -0.4 is 5.43 Å². The van der Waals surface area contributed by atoms with E-state index in [1.165, 1.54) is 12.1 Å². The molecule has 0 spiro atoms. The van der Waals surface area contributed by atoms with Crippen molar-refractivity contribution in [3.63, 3.8) is 0 Å². The summed E-state index contributed by atoms with van der Waals surface area (Å²) in [4.78, 5) is 23.5. The van der Waals surface area contributed by atoms with Gasteiger partial charge < -0.3 is 4.74 Å². The van der Waals surface area contributed by atoms with Gasteiger partial charge >= 0.3 is 5.97 Å².